The van der Waals surface area contributed by atoms with E-state index in [1.165, 1.54) is 11.4 Å². The summed E-state index contributed by atoms with van der Waals surface area (Å²) in [7, 11) is -2.07. The number of hydrogen-bond acceptors (Lipinski definition) is 3. The molecule has 0 fully saturated rings. The van der Waals surface area contributed by atoms with Gasteiger partial charge in [0.2, 0.25) is 10.0 Å². The van der Waals surface area contributed by atoms with Gasteiger partial charge in [0.15, 0.2) is 0 Å². The molecule has 118 valence electrons. The van der Waals surface area contributed by atoms with E-state index in [0.29, 0.717) is 12.3 Å². The van der Waals surface area contributed by atoms with Gasteiger partial charge in [0.05, 0.1) is 4.90 Å². The zero-order valence-electron chi connectivity index (χ0n) is 12.7. The van der Waals surface area contributed by atoms with Crippen molar-refractivity contribution in [1.29, 1.82) is 0 Å². The predicted molar refractivity (Wildman–Crippen MR) is 81.7 cm³/mol. The molecule has 0 aliphatic rings. The summed E-state index contributed by atoms with van der Waals surface area (Å²) in [6, 6.07) is 6.89. The van der Waals surface area contributed by atoms with Crippen LogP contribution in [0.1, 0.15) is 32.3 Å². The third-order valence-corrected chi connectivity index (χ3v) is 5.01. The van der Waals surface area contributed by atoms with Gasteiger partial charge in [-0.05, 0) is 36.5 Å². The molecule has 1 N–H and O–H groups in total. The molecule has 1 aromatic carbocycles. The molecule has 0 aliphatic heterocycles. The van der Waals surface area contributed by atoms with Crippen molar-refractivity contribution < 1.29 is 18.3 Å². The zero-order chi connectivity index (χ0) is 16.0. The number of sulfonamides is 1. The Morgan fingerprint density at radius 3 is 2.29 bits per heavy atom. The largest absolute Gasteiger partial charge is 0.481 e. The second-order valence-corrected chi connectivity index (χ2v) is 7.61. The van der Waals surface area contributed by atoms with Crippen molar-refractivity contribution in [3.05, 3.63) is 29.8 Å². The molecule has 6 heteroatoms. The SMILES string of the molecule is CC(C)Cc1ccc(S(=O)(=O)N(C)CCCC(=O)O)cc1. The molecule has 0 radical (unpaired) electrons. The standard InChI is InChI=1S/C15H23NO4S/c1-12(2)11-13-6-8-14(9-7-13)21(19,20)16(3)10-4-5-15(17)18/h6-9,12H,4-5,10-11H2,1-3H3,(H,17,18). The van der Waals surface area contributed by atoms with Gasteiger partial charge in [-0.25, -0.2) is 12.7 Å². The van der Waals surface area contributed by atoms with Gasteiger partial charge in [-0.1, -0.05) is 26.0 Å². The van der Waals surface area contributed by atoms with E-state index in [2.05, 4.69) is 13.8 Å². The summed E-state index contributed by atoms with van der Waals surface area (Å²) in [5.74, 6) is -0.398. The maximum atomic E-state index is 12.3. The minimum Gasteiger partial charge on any atom is -0.481 e. The third-order valence-electron chi connectivity index (χ3n) is 3.14. The maximum Gasteiger partial charge on any atom is 0.303 e. The van der Waals surface area contributed by atoms with Crippen LogP contribution in [0, 0.1) is 5.92 Å². The molecule has 0 heterocycles. The summed E-state index contributed by atoms with van der Waals surface area (Å²) >= 11 is 0. The van der Waals surface area contributed by atoms with Crippen LogP contribution in [0.25, 0.3) is 0 Å². The van der Waals surface area contributed by atoms with Gasteiger partial charge >= 0.3 is 5.97 Å². The molecular weight excluding hydrogens is 290 g/mol. The number of hydrogen-bond donors (Lipinski definition) is 1. The second kappa shape index (κ2) is 7.56. The summed E-state index contributed by atoms with van der Waals surface area (Å²) in [4.78, 5) is 10.7. The monoisotopic (exact) mass is 313 g/mol. The van der Waals surface area contributed by atoms with Gasteiger partial charge < -0.3 is 5.11 Å². The number of nitrogens with zero attached hydrogens (tertiary/aromatic N) is 1. The molecular formula is C15H23NO4S. The highest BCUT2D eigenvalue weighted by Crippen LogP contribution is 2.17. The Hall–Kier alpha value is -1.40. The zero-order valence-corrected chi connectivity index (χ0v) is 13.6. The number of carboxylic acid groups (broad SMARTS) is 1. The Bertz CT molecular complexity index is 564. The normalized spacial score (nSPS) is 12.0. The molecule has 0 unspecified atom stereocenters. The second-order valence-electron chi connectivity index (χ2n) is 5.57. The summed E-state index contributed by atoms with van der Waals surface area (Å²) in [5, 5.41) is 8.58. The van der Waals surface area contributed by atoms with Crippen LogP contribution in [0.5, 0.6) is 0 Å². The average Bonchev–Trinajstić information content (AvgIpc) is 2.38. The highest BCUT2D eigenvalue weighted by Gasteiger charge is 2.20. The molecule has 0 aliphatic carbocycles. The number of rotatable bonds is 8. The van der Waals surface area contributed by atoms with E-state index < -0.39 is 16.0 Å². The average molecular weight is 313 g/mol. The quantitative estimate of drug-likeness (QED) is 0.799. The van der Waals surface area contributed by atoms with Crippen molar-refractivity contribution in [3.63, 3.8) is 0 Å². The Labute approximate surface area is 126 Å². The Balaban J connectivity index is 2.75. The van der Waals surface area contributed by atoms with Gasteiger partial charge in [0.1, 0.15) is 0 Å². The Morgan fingerprint density at radius 2 is 1.81 bits per heavy atom. The van der Waals surface area contributed by atoms with E-state index in [-0.39, 0.29) is 17.9 Å². The van der Waals surface area contributed by atoms with Gasteiger partial charge in [-0.15, -0.1) is 0 Å². The summed E-state index contributed by atoms with van der Waals surface area (Å²) in [6.45, 7) is 4.42. The first-order valence-corrected chi connectivity index (χ1v) is 8.44. The summed E-state index contributed by atoms with van der Waals surface area (Å²) < 4.78 is 25.8. The molecule has 5 nitrogen and oxygen atoms in total. The fraction of sp³-hybridized carbons (Fsp3) is 0.533. The van der Waals surface area contributed by atoms with E-state index in [1.807, 2.05) is 12.1 Å². The lowest BCUT2D eigenvalue weighted by atomic mass is 10.0. The lowest BCUT2D eigenvalue weighted by Crippen LogP contribution is -2.28. The smallest absolute Gasteiger partial charge is 0.303 e. The van der Waals surface area contributed by atoms with E-state index in [0.717, 1.165) is 12.0 Å². The van der Waals surface area contributed by atoms with Crippen LogP contribution in [0.3, 0.4) is 0 Å². The van der Waals surface area contributed by atoms with Crippen LogP contribution in [0.15, 0.2) is 29.2 Å². The van der Waals surface area contributed by atoms with E-state index in [4.69, 9.17) is 5.11 Å². The van der Waals surface area contributed by atoms with Crippen molar-refractivity contribution in [3.8, 4) is 0 Å². The van der Waals surface area contributed by atoms with Crippen molar-refractivity contribution in [2.45, 2.75) is 38.0 Å². The number of benzene rings is 1. The van der Waals surface area contributed by atoms with Crippen molar-refractivity contribution >= 4 is 16.0 Å². The number of carboxylic acids is 1. The molecule has 0 bridgehead atoms. The molecule has 0 amide bonds. The van der Waals surface area contributed by atoms with Crippen molar-refractivity contribution in [2.75, 3.05) is 13.6 Å². The Kier molecular flexibility index (Phi) is 6.36. The third kappa shape index (κ3) is 5.47. The predicted octanol–water partition coefficient (Wildman–Crippen LogP) is 2.37. The summed E-state index contributed by atoms with van der Waals surface area (Å²) in [6.07, 6.45) is 1.18. The van der Waals surface area contributed by atoms with Gasteiger partial charge in [0.25, 0.3) is 0 Å². The van der Waals surface area contributed by atoms with Crippen LogP contribution in [0.2, 0.25) is 0 Å². The number of carbonyl (C=O) groups is 1. The minimum atomic E-state index is -3.54. The van der Waals surface area contributed by atoms with E-state index in [9.17, 15) is 13.2 Å². The lowest BCUT2D eigenvalue weighted by molar-refractivity contribution is -0.137. The molecule has 1 aromatic rings. The minimum absolute atomic E-state index is 0.0345. The maximum absolute atomic E-state index is 12.3. The van der Waals surface area contributed by atoms with Crippen molar-refractivity contribution in [2.24, 2.45) is 5.92 Å². The molecule has 0 atom stereocenters. The Morgan fingerprint density at radius 1 is 1.24 bits per heavy atom. The molecule has 0 saturated carbocycles. The molecule has 1 rings (SSSR count). The van der Waals surface area contributed by atoms with Crippen LogP contribution in [-0.2, 0) is 21.2 Å². The first kappa shape index (κ1) is 17.7. The van der Waals surface area contributed by atoms with Gasteiger partial charge in [-0.2, -0.15) is 0 Å². The van der Waals surface area contributed by atoms with Crippen LogP contribution < -0.4 is 0 Å². The summed E-state index contributed by atoms with van der Waals surface area (Å²) in [5.41, 5.74) is 1.11. The first-order chi connectivity index (χ1) is 9.73. The van der Waals surface area contributed by atoms with Crippen LogP contribution in [-0.4, -0.2) is 37.4 Å². The van der Waals surface area contributed by atoms with Gasteiger partial charge in [0, 0.05) is 20.0 Å². The lowest BCUT2D eigenvalue weighted by Gasteiger charge is -2.17. The van der Waals surface area contributed by atoms with Crippen LogP contribution >= 0.6 is 0 Å². The fourth-order valence-corrected chi connectivity index (χ4v) is 3.23. The highest BCUT2D eigenvalue weighted by atomic mass is 32.2. The topological polar surface area (TPSA) is 74.7 Å². The van der Waals surface area contributed by atoms with Gasteiger partial charge in [-0.3, -0.25) is 4.79 Å². The first-order valence-electron chi connectivity index (χ1n) is 7.00. The molecule has 21 heavy (non-hydrogen) atoms. The fourth-order valence-electron chi connectivity index (χ4n) is 2.02. The molecule has 0 aromatic heterocycles. The van der Waals surface area contributed by atoms with E-state index in [1.54, 1.807) is 12.1 Å². The number of aliphatic carboxylic acids is 1. The molecule has 0 saturated heterocycles. The van der Waals surface area contributed by atoms with Crippen LogP contribution in [0.4, 0.5) is 0 Å². The highest BCUT2D eigenvalue weighted by molar-refractivity contribution is 7.89. The molecule has 0 spiro atoms. The van der Waals surface area contributed by atoms with E-state index >= 15 is 0 Å². The van der Waals surface area contributed by atoms with Crippen molar-refractivity contribution in [1.82, 2.24) is 4.31 Å².